The minimum Gasteiger partial charge on any atom is -0.372 e. The van der Waals surface area contributed by atoms with Crippen LogP contribution in [0.1, 0.15) is 30.4 Å². The Balaban J connectivity index is 1.27. The molecule has 3 nitrogen and oxygen atoms in total. The van der Waals surface area contributed by atoms with Crippen LogP contribution in [-0.2, 0) is 17.8 Å². The summed E-state index contributed by atoms with van der Waals surface area (Å²) in [6, 6.07) is 27.1. The Morgan fingerprint density at radius 2 is 1.34 bits per heavy atom. The molecule has 0 aliphatic carbocycles. The van der Waals surface area contributed by atoms with E-state index in [-0.39, 0.29) is 5.91 Å². The first-order valence-corrected chi connectivity index (χ1v) is 10.5. The molecule has 1 saturated heterocycles. The van der Waals surface area contributed by atoms with E-state index in [4.69, 9.17) is 0 Å². The highest BCUT2D eigenvalue weighted by Gasteiger charge is 2.10. The summed E-state index contributed by atoms with van der Waals surface area (Å²) in [4.78, 5) is 14.8. The molecular weight excluding hydrogens is 356 g/mol. The number of piperidine rings is 1. The molecule has 4 rings (SSSR count). The lowest BCUT2D eigenvalue weighted by molar-refractivity contribution is -0.120. The van der Waals surface area contributed by atoms with Crippen LogP contribution in [0.5, 0.6) is 0 Å². The number of nitrogens with one attached hydrogen (secondary N) is 1. The van der Waals surface area contributed by atoms with E-state index in [0.717, 1.165) is 24.2 Å². The van der Waals surface area contributed by atoms with Crippen LogP contribution in [0.2, 0.25) is 0 Å². The van der Waals surface area contributed by atoms with Crippen LogP contribution in [0.4, 0.5) is 5.69 Å². The molecule has 29 heavy (non-hydrogen) atoms. The van der Waals surface area contributed by atoms with Gasteiger partial charge in [0.05, 0.1) is 6.42 Å². The zero-order valence-electron chi connectivity index (χ0n) is 16.8. The van der Waals surface area contributed by atoms with Crippen LogP contribution >= 0.6 is 0 Å². The van der Waals surface area contributed by atoms with Crippen molar-refractivity contribution < 1.29 is 4.79 Å². The average Bonchev–Trinajstić information content (AvgIpc) is 2.80. The predicted octanol–water partition coefficient (Wildman–Crippen LogP) is 5.20. The van der Waals surface area contributed by atoms with Crippen molar-refractivity contribution in [1.82, 2.24) is 5.32 Å². The molecule has 1 aliphatic heterocycles. The van der Waals surface area contributed by atoms with E-state index in [9.17, 15) is 4.79 Å². The second-order valence-corrected chi connectivity index (χ2v) is 7.73. The van der Waals surface area contributed by atoms with Crippen molar-refractivity contribution in [1.29, 1.82) is 0 Å². The summed E-state index contributed by atoms with van der Waals surface area (Å²) < 4.78 is 0. The van der Waals surface area contributed by atoms with Gasteiger partial charge < -0.3 is 10.2 Å². The zero-order valence-corrected chi connectivity index (χ0v) is 16.8. The number of rotatable bonds is 6. The Morgan fingerprint density at radius 3 is 2.03 bits per heavy atom. The third-order valence-electron chi connectivity index (χ3n) is 5.57. The van der Waals surface area contributed by atoms with Crippen molar-refractivity contribution in [3.8, 4) is 11.1 Å². The van der Waals surface area contributed by atoms with Gasteiger partial charge in [0.25, 0.3) is 0 Å². The van der Waals surface area contributed by atoms with Crippen molar-refractivity contribution in [2.45, 2.75) is 32.2 Å². The fraction of sp³-hybridized carbons (Fsp3) is 0.269. The molecular formula is C26H28N2O. The van der Waals surface area contributed by atoms with Crippen LogP contribution < -0.4 is 10.2 Å². The fourth-order valence-electron chi connectivity index (χ4n) is 3.87. The Bertz CT molecular complexity index is 911. The van der Waals surface area contributed by atoms with Gasteiger partial charge in [-0.05, 0) is 53.6 Å². The molecule has 1 aliphatic rings. The third-order valence-corrected chi connectivity index (χ3v) is 5.57. The first kappa shape index (κ1) is 19.3. The van der Waals surface area contributed by atoms with Crippen molar-refractivity contribution in [2.75, 3.05) is 18.0 Å². The summed E-state index contributed by atoms with van der Waals surface area (Å²) in [6.07, 6.45) is 4.31. The van der Waals surface area contributed by atoms with Crippen LogP contribution in [0.3, 0.4) is 0 Å². The molecule has 3 heteroatoms. The fourth-order valence-corrected chi connectivity index (χ4v) is 3.87. The lowest BCUT2D eigenvalue weighted by Crippen LogP contribution is -2.29. The highest BCUT2D eigenvalue weighted by molar-refractivity contribution is 5.78. The van der Waals surface area contributed by atoms with E-state index in [1.54, 1.807) is 0 Å². The largest absolute Gasteiger partial charge is 0.372 e. The molecule has 3 aromatic rings. The molecule has 0 bridgehead atoms. The molecule has 0 aromatic heterocycles. The second kappa shape index (κ2) is 9.42. The van der Waals surface area contributed by atoms with Gasteiger partial charge in [-0.3, -0.25) is 4.79 Å². The molecule has 0 atom stereocenters. The average molecular weight is 385 g/mol. The quantitative estimate of drug-likeness (QED) is 0.633. The maximum Gasteiger partial charge on any atom is 0.224 e. The van der Waals surface area contributed by atoms with E-state index in [1.165, 1.54) is 36.1 Å². The van der Waals surface area contributed by atoms with Crippen LogP contribution in [0.15, 0.2) is 78.9 Å². The van der Waals surface area contributed by atoms with Crippen molar-refractivity contribution in [2.24, 2.45) is 0 Å². The van der Waals surface area contributed by atoms with Gasteiger partial charge in [0.1, 0.15) is 0 Å². The number of carbonyl (C=O) groups is 1. The Kier molecular flexibility index (Phi) is 6.25. The summed E-state index contributed by atoms with van der Waals surface area (Å²) in [5.74, 6) is 0.0533. The van der Waals surface area contributed by atoms with Crippen LogP contribution in [-0.4, -0.2) is 19.0 Å². The first-order chi connectivity index (χ1) is 14.3. The molecule has 1 heterocycles. The maximum absolute atomic E-state index is 12.3. The molecule has 0 radical (unpaired) electrons. The highest BCUT2D eigenvalue weighted by atomic mass is 16.1. The van der Waals surface area contributed by atoms with E-state index < -0.39 is 0 Å². The number of anilines is 1. The number of amides is 1. The standard InChI is InChI=1S/C26H28N2O/c29-26(19-21-9-13-24(14-10-21)23-7-3-1-4-8-23)27-20-22-11-15-25(16-12-22)28-17-5-2-6-18-28/h1,3-4,7-16H,2,5-6,17-20H2,(H,27,29). The minimum atomic E-state index is 0.0533. The Hall–Kier alpha value is -3.07. The van der Waals surface area contributed by atoms with Crippen LogP contribution in [0, 0.1) is 0 Å². The summed E-state index contributed by atoms with van der Waals surface area (Å²) in [5.41, 5.74) is 5.82. The van der Waals surface area contributed by atoms with Gasteiger partial charge in [0.2, 0.25) is 5.91 Å². The van der Waals surface area contributed by atoms with E-state index in [1.807, 2.05) is 30.3 Å². The third kappa shape index (κ3) is 5.26. The molecule has 1 amide bonds. The van der Waals surface area contributed by atoms with Gasteiger partial charge in [0.15, 0.2) is 0 Å². The van der Waals surface area contributed by atoms with Gasteiger partial charge in [-0.1, -0.05) is 66.7 Å². The summed E-state index contributed by atoms with van der Waals surface area (Å²) in [5, 5.41) is 3.04. The van der Waals surface area contributed by atoms with Gasteiger partial charge in [-0.2, -0.15) is 0 Å². The number of nitrogens with zero attached hydrogens (tertiary/aromatic N) is 1. The maximum atomic E-state index is 12.3. The van der Waals surface area contributed by atoms with Gasteiger partial charge >= 0.3 is 0 Å². The van der Waals surface area contributed by atoms with Crippen molar-refractivity contribution in [3.05, 3.63) is 90.0 Å². The van der Waals surface area contributed by atoms with Crippen LogP contribution in [0.25, 0.3) is 11.1 Å². The lowest BCUT2D eigenvalue weighted by atomic mass is 10.0. The summed E-state index contributed by atoms with van der Waals surface area (Å²) in [7, 11) is 0. The van der Waals surface area contributed by atoms with Gasteiger partial charge in [-0.25, -0.2) is 0 Å². The normalized spacial score (nSPS) is 13.9. The molecule has 1 N–H and O–H groups in total. The van der Waals surface area contributed by atoms with Crippen molar-refractivity contribution >= 4 is 11.6 Å². The number of benzene rings is 3. The summed E-state index contributed by atoms with van der Waals surface area (Å²) >= 11 is 0. The van der Waals surface area contributed by atoms with Gasteiger partial charge in [0, 0.05) is 25.3 Å². The van der Waals surface area contributed by atoms with E-state index in [0.29, 0.717) is 13.0 Å². The predicted molar refractivity (Wildman–Crippen MR) is 120 cm³/mol. The van der Waals surface area contributed by atoms with Crippen molar-refractivity contribution in [3.63, 3.8) is 0 Å². The molecule has 148 valence electrons. The van der Waals surface area contributed by atoms with E-state index >= 15 is 0 Å². The highest BCUT2D eigenvalue weighted by Crippen LogP contribution is 2.21. The molecule has 1 fully saturated rings. The SMILES string of the molecule is O=C(Cc1ccc(-c2ccccc2)cc1)NCc1ccc(N2CCCCC2)cc1. The monoisotopic (exact) mass is 384 g/mol. The number of carbonyl (C=O) groups excluding carboxylic acids is 1. The minimum absolute atomic E-state index is 0.0533. The Labute approximate surface area is 173 Å². The molecule has 3 aromatic carbocycles. The summed E-state index contributed by atoms with van der Waals surface area (Å²) in [6.45, 7) is 2.87. The van der Waals surface area contributed by atoms with Gasteiger partial charge in [-0.15, -0.1) is 0 Å². The smallest absolute Gasteiger partial charge is 0.224 e. The Morgan fingerprint density at radius 1 is 0.724 bits per heavy atom. The van der Waals surface area contributed by atoms with E-state index in [2.05, 4.69) is 58.7 Å². The molecule has 0 unspecified atom stereocenters. The lowest BCUT2D eigenvalue weighted by Gasteiger charge is -2.28. The molecule has 0 spiro atoms. The zero-order chi connectivity index (χ0) is 19.9. The topological polar surface area (TPSA) is 32.3 Å². The number of hydrogen-bond donors (Lipinski definition) is 1. The molecule has 0 saturated carbocycles. The first-order valence-electron chi connectivity index (χ1n) is 10.5. The second-order valence-electron chi connectivity index (χ2n) is 7.73. The number of hydrogen-bond acceptors (Lipinski definition) is 2.